The van der Waals surface area contributed by atoms with E-state index in [1.165, 1.54) is 44.1 Å². The van der Waals surface area contributed by atoms with Gasteiger partial charge in [-0.1, -0.05) is 55.6 Å². The monoisotopic (exact) mass is 345 g/mol. The highest BCUT2D eigenvalue weighted by atomic mass is 16.4. The van der Waals surface area contributed by atoms with Gasteiger partial charge in [-0.15, -0.1) is 0 Å². The lowest BCUT2D eigenvalue weighted by atomic mass is 9.48. The first-order chi connectivity index (χ1) is 11.7. The van der Waals surface area contributed by atoms with E-state index in [2.05, 4.69) is 51.9 Å². The Bertz CT molecular complexity index is 554. The Hall–Kier alpha value is -1.05. The predicted octanol–water partition coefficient (Wildman–Crippen LogP) is 7.14. The summed E-state index contributed by atoms with van der Waals surface area (Å²) >= 11 is 0. The summed E-state index contributed by atoms with van der Waals surface area (Å²) in [7, 11) is 0. The smallest absolute Gasteiger partial charge is 0.0543 e. The number of allylic oxidation sites excluding steroid dienone is 4. The average Bonchev–Trinajstić information content (AvgIpc) is 2.53. The lowest BCUT2D eigenvalue weighted by molar-refractivity contribution is -0.0390. The maximum absolute atomic E-state index is 8.74. The minimum Gasteiger partial charge on any atom is -0.411 e. The molecule has 0 aromatic carbocycles. The van der Waals surface area contributed by atoms with E-state index in [9.17, 15) is 0 Å². The summed E-state index contributed by atoms with van der Waals surface area (Å²) in [6.07, 6.45) is 14.6. The molecular weight excluding hydrogens is 306 g/mol. The molecule has 2 nitrogen and oxygen atoms in total. The van der Waals surface area contributed by atoms with Crippen molar-refractivity contribution in [3.8, 4) is 0 Å². The van der Waals surface area contributed by atoms with Crippen LogP contribution < -0.4 is 0 Å². The molecule has 0 unspecified atom stereocenters. The maximum Gasteiger partial charge on any atom is 0.0543 e. The zero-order valence-corrected chi connectivity index (χ0v) is 17.4. The zero-order chi connectivity index (χ0) is 18.7. The molecule has 1 fully saturated rings. The third-order valence-corrected chi connectivity index (χ3v) is 7.29. The Kier molecular flexibility index (Phi) is 6.56. The predicted molar refractivity (Wildman–Crippen MR) is 108 cm³/mol. The fraction of sp³-hybridized carbons (Fsp3) is 0.783. The Morgan fingerprint density at radius 3 is 2.64 bits per heavy atom. The van der Waals surface area contributed by atoms with Gasteiger partial charge >= 0.3 is 0 Å². The van der Waals surface area contributed by atoms with Gasteiger partial charge in [-0.25, -0.2) is 0 Å². The summed E-state index contributed by atoms with van der Waals surface area (Å²) < 4.78 is 0. The van der Waals surface area contributed by atoms with Crippen molar-refractivity contribution >= 4 is 5.71 Å². The highest BCUT2D eigenvalue weighted by Crippen LogP contribution is 2.60. The van der Waals surface area contributed by atoms with Gasteiger partial charge in [-0.05, 0) is 88.4 Å². The minimum atomic E-state index is 0.473. The van der Waals surface area contributed by atoms with Gasteiger partial charge in [0.1, 0.15) is 0 Å². The minimum absolute atomic E-state index is 0.473. The van der Waals surface area contributed by atoms with E-state index in [4.69, 9.17) is 5.21 Å². The Morgan fingerprint density at radius 2 is 1.96 bits per heavy atom. The normalized spacial score (nSPS) is 33.0. The number of nitrogens with zero attached hydrogens (tertiary/aromatic N) is 1. The van der Waals surface area contributed by atoms with E-state index in [1.807, 2.05) is 6.92 Å². The summed E-state index contributed by atoms with van der Waals surface area (Å²) in [6, 6.07) is 0. The molecule has 0 heterocycles. The second-order valence-electron chi connectivity index (χ2n) is 9.60. The molecule has 2 rings (SSSR count). The van der Waals surface area contributed by atoms with E-state index >= 15 is 0 Å². The van der Waals surface area contributed by atoms with Gasteiger partial charge in [0, 0.05) is 0 Å². The average molecular weight is 346 g/mol. The van der Waals surface area contributed by atoms with E-state index in [-0.39, 0.29) is 0 Å². The standard InChI is InChI=1S/C23H39NO/c1-17(9-7-10-19(3)24-25)11-13-20-18(2)12-14-21-22(4,5)15-8-16-23(20,21)6/h9,12,20-21,25H,7-8,10-11,13-16H2,1-6H3/b17-9+,24-19-/t20-,21+,23+/m1/s1. The van der Waals surface area contributed by atoms with Crippen LogP contribution in [-0.4, -0.2) is 10.9 Å². The van der Waals surface area contributed by atoms with E-state index in [0.717, 1.165) is 30.4 Å². The quantitative estimate of drug-likeness (QED) is 0.236. The fourth-order valence-corrected chi connectivity index (χ4v) is 5.75. The van der Waals surface area contributed by atoms with E-state index < -0.39 is 0 Å². The SMILES string of the molecule is CC1=CC[C@H]2C(C)(C)CCC[C@@]2(C)[C@@H]1CC/C(C)=C/CC/C(C)=N\O. The van der Waals surface area contributed by atoms with Crippen LogP contribution in [0.3, 0.4) is 0 Å². The van der Waals surface area contributed by atoms with Crippen LogP contribution in [0.15, 0.2) is 28.5 Å². The zero-order valence-electron chi connectivity index (χ0n) is 17.4. The molecule has 1 saturated carbocycles. The van der Waals surface area contributed by atoms with Crippen molar-refractivity contribution in [3.05, 3.63) is 23.3 Å². The van der Waals surface area contributed by atoms with Gasteiger partial charge in [-0.3, -0.25) is 0 Å². The molecule has 0 saturated heterocycles. The number of hydrogen-bond acceptors (Lipinski definition) is 2. The van der Waals surface area contributed by atoms with Crippen molar-refractivity contribution in [2.24, 2.45) is 27.8 Å². The summed E-state index contributed by atoms with van der Waals surface area (Å²) in [5.41, 5.74) is 4.89. The van der Waals surface area contributed by atoms with Crippen molar-refractivity contribution in [2.45, 2.75) is 92.9 Å². The van der Waals surface area contributed by atoms with Gasteiger partial charge in [0.2, 0.25) is 0 Å². The molecule has 0 bridgehead atoms. The summed E-state index contributed by atoms with van der Waals surface area (Å²) in [5, 5.41) is 12.0. The molecule has 2 aliphatic carbocycles. The van der Waals surface area contributed by atoms with Crippen molar-refractivity contribution < 1.29 is 5.21 Å². The third kappa shape index (κ3) is 4.57. The van der Waals surface area contributed by atoms with Crippen LogP contribution in [0.25, 0.3) is 0 Å². The second kappa shape index (κ2) is 8.10. The molecule has 1 N–H and O–H groups in total. The van der Waals surface area contributed by atoms with Crippen LogP contribution in [0.4, 0.5) is 0 Å². The number of hydrogen-bond donors (Lipinski definition) is 1. The van der Waals surface area contributed by atoms with Crippen LogP contribution in [0.1, 0.15) is 92.9 Å². The molecule has 142 valence electrons. The number of fused-ring (bicyclic) bond motifs is 1. The largest absolute Gasteiger partial charge is 0.411 e. The molecular formula is C23H39NO. The van der Waals surface area contributed by atoms with Crippen molar-refractivity contribution in [1.29, 1.82) is 0 Å². The molecule has 0 spiro atoms. The first-order valence-electron chi connectivity index (χ1n) is 10.2. The third-order valence-electron chi connectivity index (χ3n) is 7.29. The summed E-state index contributed by atoms with van der Waals surface area (Å²) in [6.45, 7) is 14.1. The van der Waals surface area contributed by atoms with Crippen LogP contribution in [0.2, 0.25) is 0 Å². The van der Waals surface area contributed by atoms with E-state index in [0.29, 0.717) is 10.8 Å². The number of rotatable bonds is 6. The van der Waals surface area contributed by atoms with E-state index in [1.54, 1.807) is 5.57 Å². The maximum atomic E-state index is 8.74. The van der Waals surface area contributed by atoms with Crippen LogP contribution >= 0.6 is 0 Å². The highest BCUT2D eigenvalue weighted by molar-refractivity contribution is 5.81. The van der Waals surface area contributed by atoms with Crippen molar-refractivity contribution in [1.82, 2.24) is 0 Å². The Labute approximate surface area is 155 Å². The first-order valence-corrected chi connectivity index (χ1v) is 10.2. The van der Waals surface area contributed by atoms with Crippen LogP contribution in [0.5, 0.6) is 0 Å². The second-order valence-corrected chi connectivity index (χ2v) is 9.60. The van der Waals surface area contributed by atoms with Gasteiger partial charge < -0.3 is 5.21 Å². The molecule has 0 radical (unpaired) electrons. The Morgan fingerprint density at radius 1 is 1.24 bits per heavy atom. The molecule has 0 aliphatic heterocycles. The molecule has 25 heavy (non-hydrogen) atoms. The van der Waals surface area contributed by atoms with Gasteiger partial charge in [0.05, 0.1) is 5.71 Å². The van der Waals surface area contributed by atoms with Crippen LogP contribution in [-0.2, 0) is 0 Å². The summed E-state index contributed by atoms with van der Waals surface area (Å²) in [5.74, 6) is 1.56. The lowest BCUT2D eigenvalue weighted by Crippen LogP contribution is -2.48. The first kappa shape index (κ1) is 20.3. The molecule has 2 heteroatoms. The van der Waals surface area contributed by atoms with Gasteiger partial charge in [0.25, 0.3) is 0 Å². The van der Waals surface area contributed by atoms with Crippen molar-refractivity contribution in [3.63, 3.8) is 0 Å². The molecule has 2 aliphatic rings. The topological polar surface area (TPSA) is 32.6 Å². The van der Waals surface area contributed by atoms with Crippen molar-refractivity contribution in [2.75, 3.05) is 0 Å². The van der Waals surface area contributed by atoms with Gasteiger partial charge in [0.15, 0.2) is 0 Å². The molecule has 0 aromatic heterocycles. The highest BCUT2D eigenvalue weighted by Gasteiger charge is 2.51. The lowest BCUT2D eigenvalue weighted by Gasteiger charge is -2.57. The summed E-state index contributed by atoms with van der Waals surface area (Å²) in [4.78, 5) is 0. The molecule has 0 aromatic rings. The van der Waals surface area contributed by atoms with Gasteiger partial charge in [-0.2, -0.15) is 0 Å². The Balaban J connectivity index is 2.03. The number of oxime groups is 1. The fourth-order valence-electron chi connectivity index (χ4n) is 5.75. The molecule has 3 atom stereocenters. The molecule has 0 amide bonds. The van der Waals surface area contributed by atoms with Crippen LogP contribution in [0, 0.1) is 22.7 Å².